The van der Waals surface area contributed by atoms with Crippen LogP contribution in [0.2, 0.25) is 0 Å². The van der Waals surface area contributed by atoms with Crippen LogP contribution in [0.5, 0.6) is 0 Å². The van der Waals surface area contributed by atoms with E-state index in [0.29, 0.717) is 0 Å². The quantitative estimate of drug-likeness (QED) is 0.247. The Morgan fingerprint density at radius 3 is 2.04 bits per heavy atom. The van der Waals surface area contributed by atoms with Gasteiger partial charge in [-0.15, -0.1) is 11.8 Å². The fourth-order valence-corrected chi connectivity index (χ4v) is 5.31. The molecular formula is C25H28S. The summed E-state index contributed by atoms with van der Waals surface area (Å²) in [7, 11) is 0. The van der Waals surface area contributed by atoms with E-state index in [0.717, 1.165) is 0 Å². The Hall–Kier alpha value is -1.73. The van der Waals surface area contributed by atoms with E-state index in [1.54, 1.807) is 0 Å². The second kappa shape index (κ2) is 7.12. The first kappa shape index (κ1) is 17.7. The van der Waals surface area contributed by atoms with Crippen molar-refractivity contribution in [2.45, 2.75) is 58.3 Å². The summed E-state index contributed by atoms with van der Waals surface area (Å²) in [5.41, 5.74) is 4.35. The summed E-state index contributed by atoms with van der Waals surface area (Å²) in [5.74, 6) is 1.18. The molecule has 0 saturated carbocycles. The molecule has 0 unspecified atom stereocenters. The number of unbranched alkanes of at least 4 members (excludes halogenated alkanes) is 1. The van der Waals surface area contributed by atoms with Gasteiger partial charge in [-0.2, -0.15) is 0 Å². The highest BCUT2D eigenvalue weighted by atomic mass is 32.2. The zero-order valence-corrected chi connectivity index (χ0v) is 17.2. The number of benzene rings is 4. The maximum atomic E-state index is 2.43. The number of rotatable bonds is 6. The third-order valence-corrected chi connectivity index (χ3v) is 6.88. The Kier molecular flexibility index (Phi) is 4.84. The Morgan fingerprint density at radius 1 is 0.731 bits per heavy atom. The molecule has 0 aromatic heterocycles. The Morgan fingerprint density at radius 2 is 1.35 bits per heavy atom. The topological polar surface area (TPSA) is 0 Å². The summed E-state index contributed by atoms with van der Waals surface area (Å²) in [6.07, 6.45) is 4.91. The lowest BCUT2D eigenvalue weighted by molar-refractivity contribution is 0.799. The van der Waals surface area contributed by atoms with Crippen LogP contribution in [0, 0.1) is 13.8 Å². The molecule has 0 bridgehead atoms. The minimum absolute atomic E-state index is 1.18. The first-order chi connectivity index (χ1) is 12.7. The van der Waals surface area contributed by atoms with Gasteiger partial charge < -0.3 is 0 Å². The van der Waals surface area contributed by atoms with Gasteiger partial charge in [0, 0.05) is 4.90 Å². The average Bonchev–Trinajstić information content (AvgIpc) is 2.65. The molecule has 0 aliphatic carbocycles. The lowest BCUT2D eigenvalue weighted by Gasteiger charge is -2.19. The van der Waals surface area contributed by atoms with E-state index in [1.807, 2.05) is 11.8 Å². The van der Waals surface area contributed by atoms with Crippen molar-refractivity contribution in [2.24, 2.45) is 0 Å². The average molecular weight is 361 g/mol. The largest absolute Gasteiger partial charge is 0.126 e. The van der Waals surface area contributed by atoms with Crippen LogP contribution in [-0.2, 0) is 6.42 Å². The maximum absolute atomic E-state index is 2.43. The molecule has 0 aliphatic rings. The van der Waals surface area contributed by atoms with Gasteiger partial charge >= 0.3 is 0 Å². The first-order valence-corrected chi connectivity index (χ1v) is 11.0. The molecule has 0 heterocycles. The molecule has 0 aliphatic heterocycles. The van der Waals surface area contributed by atoms with Crippen molar-refractivity contribution in [2.75, 3.05) is 5.75 Å². The summed E-state index contributed by atoms with van der Waals surface area (Å²) in [4.78, 5) is 1.45. The van der Waals surface area contributed by atoms with Gasteiger partial charge in [-0.25, -0.2) is 0 Å². The lowest BCUT2D eigenvalue weighted by Crippen LogP contribution is -1.95. The van der Waals surface area contributed by atoms with Crippen molar-refractivity contribution in [3.05, 3.63) is 53.1 Å². The van der Waals surface area contributed by atoms with Crippen molar-refractivity contribution in [3.63, 3.8) is 0 Å². The van der Waals surface area contributed by atoms with Gasteiger partial charge in [0.05, 0.1) is 0 Å². The molecule has 0 radical (unpaired) electrons. The summed E-state index contributed by atoms with van der Waals surface area (Å²) < 4.78 is 0. The minimum Gasteiger partial charge on any atom is -0.126 e. The summed E-state index contributed by atoms with van der Waals surface area (Å²) in [6, 6.07) is 14.3. The van der Waals surface area contributed by atoms with Crippen LogP contribution in [0.3, 0.4) is 0 Å². The zero-order valence-electron chi connectivity index (χ0n) is 16.4. The van der Waals surface area contributed by atoms with Gasteiger partial charge in [-0.3, -0.25) is 0 Å². The second-order valence-corrected chi connectivity index (χ2v) is 8.70. The van der Waals surface area contributed by atoms with E-state index in [-0.39, 0.29) is 0 Å². The number of hydrogen-bond donors (Lipinski definition) is 0. The van der Waals surface area contributed by atoms with Crippen LogP contribution in [0.1, 0.15) is 49.8 Å². The van der Waals surface area contributed by atoms with Crippen molar-refractivity contribution in [1.82, 2.24) is 0 Å². The molecule has 0 fully saturated rings. The molecule has 0 N–H and O–H groups in total. The molecule has 1 heteroatoms. The highest BCUT2D eigenvalue weighted by molar-refractivity contribution is 7.99. The van der Waals surface area contributed by atoms with Gasteiger partial charge in [0.25, 0.3) is 0 Å². The molecular weight excluding hydrogens is 332 g/mol. The summed E-state index contributed by atoms with van der Waals surface area (Å²) in [6.45, 7) is 9.09. The van der Waals surface area contributed by atoms with Crippen LogP contribution in [0.4, 0.5) is 0 Å². The number of aryl methyl sites for hydroxylation is 3. The molecule has 0 amide bonds. The van der Waals surface area contributed by atoms with E-state index < -0.39 is 0 Å². The van der Waals surface area contributed by atoms with Gasteiger partial charge in [0.2, 0.25) is 0 Å². The molecule has 4 aromatic rings. The zero-order chi connectivity index (χ0) is 18.3. The van der Waals surface area contributed by atoms with E-state index in [2.05, 4.69) is 64.1 Å². The van der Waals surface area contributed by atoms with Gasteiger partial charge in [-0.05, 0) is 93.9 Å². The van der Waals surface area contributed by atoms with E-state index >= 15 is 0 Å². The molecule has 0 saturated heterocycles. The van der Waals surface area contributed by atoms with Crippen LogP contribution in [-0.4, -0.2) is 5.75 Å². The molecule has 0 nitrogen and oxygen atoms in total. The van der Waals surface area contributed by atoms with Crippen molar-refractivity contribution >= 4 is 44.1 Å². The van der Waals surface area contributed by atoms with E-state index in [4.69, 9.17) is 0 Å². The van der Waals surface area contributed by atoms with Crippen LogP contribution in [0.25, 0.3) is 32.3 Å². The first-order valence-electron chi connectivity index (χ1n) is 9.99. The lowest BCUT2D eigenvalue weighted by atomic mass is 9.87. The Balaban J connectivity index is 2.11. The number of thioether (sulfide) groups is 1. The van der Waals surface area contributed by atoms with Gasteiger partial charge in [0.15, 0.2) is 0 Å². The fraction of sp³-hybridized carbons (Fsp3) is 0.360. The molecule has 4 aromatic carbocycles. The SMILES string of the molecule is CCCCc1cc(C)c2ccc3c(SCCC)cc(C)c4ccc1c2c43. The van der Waals surface area contributed by atoms with Crippen molar-refractivity contribution in [3.8, 4) is 0 Å². The second-order valence-electron chi connectivity index (χ2n) is 7.57. The monoisotopic (exact) mass is 360 g/mol. The van der Waals surface area contributed by atoms with Gasteiger partial charge in [-0.1, -0.05) is 50.6 Å². The highest BCUT2D eigenvalue weighted by Gasteiger charge is 2.16. The fourth-order valence-electron chi connectivity index (χ4n) is 4.30. The van der Waals surface area contributed by atoms with Crippen molar-refractivity contribution in [1.29, 1.82) is 0 Å². The highest BCUT2D eigenvalue weighted by Crippen LogP contribution is 2.42. The Bertz CT molecular complexity index is 987. The maximum Gasteiger partial charge on any atom is 0.0154 e. The molecule has 0 spiro atoms. The Labute approximate surface area is 161 Å². The third kappa shape index (κ3) is 2.77. The van der Waals surface area contributed by atoms with Crippen LogP contribution < -0.4 is 0 Å². The summed E-state index contributed by atoms with van der Waals surface area (Å²) in [5, 5.41) is 8.73. The molecule has 4 rings (SSSR count). The van der Waals surface area contributed by atoms with Crippen LogP contribution in [0.15, 0.2) is 41.3 Å². The molecule has 0 atom stereocenters. The predicted octanol–water partition coefficient (Wildman–Crippen LogP) is 8.05. The normalized spacial score (nSPS) is 12.0. The molecule has 134 valence electrons. The van der Waals surface area contributed by atoms with Gasteiger partial charge in [0.1, 0.15) is 0 Å². The molecule has 26 heavy (non-hydrogen) atoms. The predicted molar refractivity (Wildman–Crippen MR) is 119 cm³/mol. The third-order valence-electron chi connectivity index (χ3n) is 5.62. The van der Waals surface area contributed by atoms with Crippen LogP contribution >= 0.6 is 11.8 Å². The standard InChI is InChI=1S/C25H28S/c1-5-7-8-18-14-16(3)19-10-12-22-23(26-13-6-2)15-17(4)20-9-11-21(18)24(19)25(20)22/h9-12,14-15H,5-8,13H2,1-4H3. The minimum atomic E-state index is 1.18. The number of hydrogen-bond acceptors (Lipinski definition) is 1. The smallest absolute Gasteiger partial charge is 0.0154 e. The van der Waals surface area contributed by atoms with Crippen molar-refractivity contribution < 1.29 is 0 Å². The van der Waals surface area contributed by atoms with E-state index in [1.165, 1.54) is 85.3 Å². The summed E-state index contributed by atoms with van der Waals surface area (Å²) >= 11 is 2.01. The van der Waals surface area contributed by atoms with E-state index in [9.17, 15) is 0 Å².